The molecular formula is C20H33NO3Si. The van der Waals surface area contributed by atoms with Gasteiger partial charge in [0.1, 0.15) is 0 Å². The van der Waals surface area contributed by atoms with Gasteiger partial charge in [-0.15, -0.1) is 6.58 Å². The summed E-state index contributed by atoms with van der Waals surface area (Å²) in [4.78, 5) is 13.3. The van der Waals surface area contributed by atoms with Crippen LogP contribution in [0.15, 0.2) is 43.0 Å². The molecule has 0 radical (unpaired) electrons. The standard InChI is InChI=1S/C20H33NO3Si/c1-8-12-18(24-25(6,7)20(3,4)5)16(2)21(19(22)23)15-17-13-10-9-11-14-17/h8-11,13-14,16,18H,1,12,15H2,2-7H3,(H,22,23)/t16-,18?/m0/s1. The zero-order valence-electron chi connectivity index (χ0n) is 16.5. The van der Waals surface area contributed by atoms with Gasteiger partial charge in [0.05, 0.1) is 12.1 Å². The smallest absolute Gasteiger partial charge is 0.407 e. The molecule has 1 amide bonds. The SMILES string of the molecule is C=CCC(O[Si](C)(C)C(C)(C)C)[C@H](C)N(Cc1ccccc1)C(=O)O. The molecule has 0 fully saturated rings. The summed E-state index contributed by atoms with van der Waals surface area (Å²) in [6.07, 6.45) is 1.32. The Bertz CT molecular complexity index is 566. The Hall–Kier alpha value is -1.59. The number of rotatable bonds is 8. The molecule has 1 unspecified atom stereocenters. The molecule has 25 heavy (non-hydrogen) atoms. The van der Waals surface area contributed by atoms with Gasteiger partial charge < -0.3 is 9.53 Å². The Morgan fingerprint density at radius 3 is 2.32 bits per heavy atom. The molecule has 0 spiro atoms. The van der Waals surface area contributed by atoms with Crippen molar-refractivity contribution >= 4 is 14.4 Å². The van der Waals surface area contributed by atoms with Crippen molar-refractivity contribution in [1.29, 1.82) is 0 Å². The lowest BCUT2D eigenvalue weighted by molar-refractivity contribution is 0.0595. The van der Waals surface area contributed by atoms with Crippen LogP contribution in [-0.2, 0) is 11.0 Å². The first-order chi connectivity index (χ1) is 11.5. The zero-order chi connectivity index (χ0) is 19.3. The highest BCUT2D eigenvalue weighted by atomic mass is 28.4. The van der Waals surface area contributed by atoms with E-state index in [0.29, 0.717) is 13.0 Å². The lowest BCUT2D eigenvalue weighted by atomic mass is 10.1. The summed E-state index contributed by atoms with van der Waals surface area (Å²) in [6, 6.07) is 9.41. The van der Waals surface area contributed by atoms with Crippen LogP contribution in [0, 0.1) is 0 Å². The van der Waals surface area contributed by atoms with Crippen LogP contribution in [0.25, 0.3) is 0 Å². The van der Waals surface area contributed by atoms with Gasteiger partial charge >= 0.3 is 6.09 Å². The molecule has 0 aliphatic rings. The van der Waals surface area contributed by atoms with Crippen LogP contribution in [0.1, 0.15) is 39.7 Å². The third-order valence-corrected chi connectivity index (χ3v) is 9.63. The van der Waals surface area contributed by atoms with E-state index in [0.717, 1.165) is 5.56 Å². The number of amides is 1. The van der Waals surface area contributed by atoms with Gasteiger partial charge in [-0.25, -0.2) is 4.79 Å². The van der Waals surface area contributed by atoms with Gasteiger partial charge in [-0.2, -0.15) is 0 Å². The predicted molar refractivity (Wildman–Crippen MR) is 106 cm³/mol. The second-order valence-electron chi connectivity index (χ2n) is 8.08. The zero-order valence-corrected chi connectivity index (χ0v) is 17.5. The minimum atomic E-state index is -2.01. The summed E-state index contributed by atoms with van der Waals surface area (Å²) in [5.41, 5.74) is 0.974. The highest BCUT2D eigenvalue weighted by Crippen LogP contribution is 2.38. The predicted octanol–water partition coefficient (Wildman–Crippen LogP) is 5.52. The van der Waals surface area contributed by atoms with Crippen LogP contribution < -0.4 is 0 Å². The first kappa shape index (κ1) is 21.4. The largest absolute Gasteiger partial charge is 0.465 e. The molecule has 1 rings (SSSR count). The van der Waals surface area contributed by atoms with Crippen molar-refractivity contribution in [3.8, 4) is 0 Å². The molecule has 2 atom stereocenters. The maximum Gasteiger partial charge on any atom is 0.407 e. The summed E-state index contributed by atoms with van der Waals surface area (Å²) in [7, 11) is -2.01. The van der Waals surface area contributed by atoms with Crippen LogP contribution in [0.4, 0.5) is 4.79 Å². The molecule has 0 saturated heterocycles. The second-order valence-corrected chi connectivity index (χ2v) is 12.8. The second kappa shape index (κ2) is 8.67. The van der Waals surface area contributed by atoms with Crippen molar-refractivity contribution in [2.75, 3.05) is 0 Å². The lowest BCUT2D eigenvalue weighted by Gasteiger charge is -2.42. The third-order valence-electron chi connectivity index (χ3n) is 5.12. The minimum absolute atomic E-state index is 0.0691. The van der Waals surface area contributed by atoms with E-state index < -0.39 is 14.4 Å². The third kappa shape index (κ3) is 6.01. The van der Waals surface area contributed by atoms with Crippen molar-refractivity contribution in [2.45, 2.75) is 70.9 Å². The van der Waals surface area contributed by atoms with Gasteiger partial charge in [0.2, 0.25) is 0 Å². The van der Waals surface area contributed by atoms with Gasteiger partial charge in [0.15, 0.2) is 8.32 Å². The molecule has 140 valence electrons. The average molecular weight is 364 g/mol. The van der Waals surface area contributed by atoms with Crippen LogP contribution in [0.2, 0.25) is 18.1 Å². The molecule has 0 aromatic heterocycles. The van der Waals surface area contributed by atoms with Gasteiger partial charge in [0, 0.05) is 6.54 Å². The summed E-state index contributed by atoms with van der Waals surface area (Å²) < 4.78 is 6.54. The molecule has 5 heteroatoms. The Labute approximate surface area is 153 Å². The summed E-state index contributed by atoms with van der Waals surface area (Å²) >= 11 is 0. The molecule has 1 aromatic carbocycles. The molecule has 0 aliphatic heterocycles. The summed E-state index contributed by atoms with van der Waals surface area (Å²) in [5, 5.41) is 9.81. The fourth-order valence-corrected chi connectivity index (χ4v) is 3.83. The number of carbonyl (C=O) groups is 1. The fraction of sp³-hybridized carbons (Fsp3) is 0.550. The van der Waals surface area contributed by atoms with Gasteiger partial charge in [-0.1, -0.05) is 57.2 Å². The average Bonchev–Trinajstić information content (AvgIpc) is 2.51. The summed E-state index contributed by atoms with van der Waals surface area (Å²) in [5.74, 6) is 0. The van der Waals surface area contributed by atoms with Crippen molar-refractivity contribution in [3.05, 3.63) is 48.6 Å². The Balaban J connectivity index is 3.02. The molecule has 0 aliphatic carbocycles. The molecule has 4 nitrogen and oxygen atoms in total. The van der Waals surface area contributed by atoms with Gasteiger partial charge in [0.25, 0.3) is 0 Å². The summed E-state index contributed by atoms with van der Waals surface area (Å²) in [6.45, 7) is 17.1. The highest BCUT2D eigenvalue weighted by molar-refractivity contribution is 6.74. The van der Waals surface area contributed by atoms with Crippen LogP contribution in [-0.4, -0.2) is 36.6 Å². The lowest BCUT2D eigenvalue weighted by Crippen LogP contribution is -2.51. The maximum absolute atomic E-state index is 11.9. The molecule has 1 N–H and O–H groups in total. The van der Waals surface area contributed by atoms with E-state index in [-0.39, 0.29) is 17.2 Å². The van der Waals surface area contributed by atoms with Crippen LogP contribution >= 0.6 is 0 Å². The number of hydrogen-bond acceptors (Lipinski definition) is 2. The van der Waals surface area contributed by atoms with E-state index in [1.807, 2.05) is 43.3 Å². The molecule has 1 aromatic rings. The van der Waals surface area contributed by atoms with Gasteiger partial charge in [-0.3, -0.25) is 4.90 Å². The number of benzene rings is 1. The number of carboxylic acid groups (broad SMARTS) is 1. The molecule has 0 heterocycles. The van der Waals surface area contributed by atoms with E-state index in [9.17, 15) is 9.90 Å². The van der Waals surface area contributed by atoms with E-state index >= 15 is 0 Å². The fourth-order valence-electron chi connectivity index (χ4n) is 2.43. The van der Waals surface area contributed by atoms with E-state index in [2.05, 4.69) is 40.4 Å². The number of nitrogens with zero attached hydrogens (tertiary/aromatic N) is 1. The van der Waals surface area contributed by atoms with E-state index in [1.165, 1.54) is 4.90 Å². The Morgan fingerprint density at radius 2 is 1.88 bits per heavy atom. The monoisotopic (exact) mass is 363 g/mol. The van der Waals surface area contributed by atoms with Crippen LogP contribution in [0.3, 0.4) is 0 Å². The number of hydrogen-bond donors (Lipinski definition) is 1. The van der Waals surface area contributed by atoms with Crippen molar-refractivity contribution in [3.63, 3.8) is 0 Å². The van der Waals surface area contributed by atoms with Crippen molar-refractivity contribution in [2.24, 2.45) is 0 Å². The topological polar surface area (TPSA) is 49.8 Å². The minimum Gasteiger partial charge on any atom is -0.465 e. The molecule has 0 saturated carbocycles. The van der Waals surface area contributed by atoms with E-state index in [1.54, 1.807) is 0 Å². The Morgan fingerprint density at radius 1 is 1.32 bits per heavy atom. The first-order valence-corrected chi connectivity index (χ1v) is 11.7. The highest BCUT2D eigenvalue weighted by Gasteiger charge is 2.41. The van der Waals surface area contributed by atoms with E-state index in [4.69, 9.17) is 4.43 Å². The van der Waals surface area contributed by atoms with Gasteiger partial charge in [-0.05, 0) is 37.0 Å². The quantitative estimate of drug-likeness (QED) is 0.488. The normalized spacial score (nSPS) is 14.6. The van der Waals surface area contributed by atoms with Crippen molar-refractivity contribution in [1.82, 2.24) is 4.90 Å². The molecular weight excluding hydrogens is 330 g/mol. The van der Waals surface area contributed by atoms with Crippen LogP contribution in [0.5, 0.6) is 0 Å². The first-order valence-electron chi connectivity index (χ1n) is 8.82. The van der Waals surface area contributed by atoms with Crippen molar-refractivity contribution < 1.29 is 14.3 Å². The maximum atomic E-state index is 11.9. The molecule has 0 bridgehead atoms. The Kier molecular flexibility index (Phi) is 7.44.